The molecule has 0 spiro atoms. The van der Waals surface area contributed by atoms with E-state index in [0.717, 1.165) is 25.2 Å². The highest BCUT2D eigenvalue weighted by Gasteiger charge is 2.41. The molecule has 1 aromatic rings. The zero-order valence-electron chi connectivity index (χ0n) is 13.4. The van der Waals surface area contributed by atoms with Gasteiger partial charge >= 0.3 is 6.09 Å². The maximum Gasteiger partial charge on any atom is 0.407 e. The SMILES string of the molecule is CC(C)(C)OC(=O)NC1CC1NC1CCOc2ccccc21. The molecule has 1 heterocycles. The molecule has 22 heavy (non-hydrogen) atoms. The predicted molar refractivity (Wildman–Crippen MR) is 84.0 cm³/mol. The van der Waals surface area contributed by atoms with Crippen LogP contribution in [-0.4, -0.2) is 30.4 Å². The standard InChI is InChI=1S/C17H24N2O3/c1-17(2,3)22-16(20)19-14-10-13(14)18-12-8-9-21-15-7-5-4-6-11(12)15/h4-7,12-14,18H,8-10H2,1-3H3,(H,19,20). The van der Waals surface area contributed by atoms with Gasteiger partial charge in [-0.1, -0.05) is 18.2 Å². The van der Waals surface area contributed by atoms with Gasteiger partial charge in [0.15, 0.2) is 0 Å². The Balaban J connectivity index is 1.51. The van der Waals surface area contributed by atoms with Crippen LogP contribution in [0.3, 0.4) is 0 Å². The lowest BCUT2D eigenvalue weighted by molar-refractivity contribution is 0.0521. The Morgan fingerprint density at radius 1 is 1.27 bits per heavy atom. The number of hydrogen-bond donors (Lipinski definition) is 2. The molecule has 2 aliphatic rings. The van der Waals surface area contributed by atoms with E-state index in [-0.39, 0.29) is 12.1 Å². The van der Waals surface area contributed by atoms with E-state index in [4.69, 9.17) is 9.47 Å². The molecule has 0 aromatic heterocycles. The Labute approximate surface area is 131 Å². The average Bonchev–Trinajstić information content (AvgIpc) is 3.14. The summed E-state index contributed by atoms with van der Waals surface area (Å²) in [6, 6.07) is 8.89. The first kappa shape index (κ1) is 15.2. The molecule has 120 valence electrons. The first-order chi connectivity index (χ1) is 10.4. The third-order valence-corrected chi connectivity index (χ3v) is 3.87. The number of amides is 1. The highest BCUT2D eigenvalue weighted by Crippen LogP contribution is 2.34. The summed E-state index contributed by atoms with van der Waals surface area (Å²) in [5.74, 6) is 0.962. The quantitative estimate of drug-likeness (QED) is 0.901. The van der Waals surface area contributed by atoms with Crippen LogP contribution < -0.4 is 15.4 Å². The summed E-state index contributed by atoms with van der Waals surface area (Å²) in [6.45, 7) is 6.34. The van der Waals surface area contributed by atoms with Gasteiger partial charge in [0.1, 0.15) is 11.4 Å². The van der Waals surface area contributed by atoms with Crippen molar-refractivity contribution in [3.63, 3.8) is 0 Å². The van der Waals surface area contributed by atoms with Gasteiger partial charge in [0, 0.05) is 30.1 Å². The minimum atomic E-state index is -0.457. The van der Waals surface area contributed by atoms with Crippen LogP contribution in [0.5, 0.6) is 5.75 Å². The summed E-state index contributed by atoms with van der Waals surface area (Å²) in [5.41, 5.74) is 0.748. The predicted octanol–water partition coefficient (Wildman–Crippen LogP) is 2.77. The van der Waals surface area contributed by atoms with E-state index >= 15 is 0 Å². The highest BCUT2D eigenvalue weighted by atomic mass is 16.6. The third-order valence-electron chi connectivity index (χ3n) is 3.87. The minimum absolute atomic E-state index is 0.157. The smallest absolute Gasteiger partial charge is 0.407 e. The van der Waals surface area contributed by atoms with Gasteiger partial charge in [-0.15, -0.1) is 0 Å². The molecule has 1 fully saturated rings. The highest BCUT2D eigenvalue weighted by molar-refractivity contribution is 5.68. The zero-order chi connectivity index (χ0) is 15.7. The molecule has 5 nitrogen and oxygen atoms in total. The first-order valence-corrected chi connectivity index (χ1v) is 7.90. The van der Waals surface area contributed by atoms with Crippen molar-refractivity contribution < 1.29 is 14.3 Å². The molecular formula is C17H24N2O3. The van der Waals surface area contributed by atoms with E-state index in [1.165, 1.54) is 5.56 Å². The van der Waals surface area contributed by atoms with Crippen LogP contribution in [-0.2, 0) is 4.74 Å². The molecule has 2 N–H and O–H groups in total. The monoisotopic (exact) mass is 304 g/mol. The van der Waals surface area contributed by atoms with Gasteiger partial charge in [-0.05, 0) is 33.3 Å². The Kier molecular flexibility index (Phi) is 4.00. The lowest BCUT2D eigenvalue weighted by Crippen LogP contribution is -2.38. The summed E-state index contributed by atoms with van der Waals surface area (Å²) in [5, 5.41) is 6.54. The summed E-state index contributed by atoms with van der Waals surface area (Å²) in [6.07, 6.45) is 1.56. The molecule has 1 amide bonds. The molecule has 3 rings (SSSR count). The number of nitrogens with one attached hydrogen (secondary N) is 2. The van der Waals surface area contributed by atoms with Crippen molar-refractivity contribution in [1.29, 1.82) is 0 Å². The van der Waals surface area contributed by atoms with E-state index in [0.29, 0.717) is 12.1 Å². The van der Waals surface area contributed by atoms with Crippen LogP contribution >= 0.6 is 0 Å². The lowest BCUT2D eigenvalue weighted by atomic mass is 10.0. The van der Waals surface area contributed by atoms with E-state index in [1.807, 2.05) is 39.0 Å². The molecular weight excluding hydrogens is 280 g/mol. The minimum Gasteiger partial charge on any atom is -0.493 e. The van der Waals surface area contributed by atoms with Crippen LogP contribution in [0, 0.1) is 0 Å². The van der Waals surface area contributed by atoms with Crippen LogP contribution in [0.15, 0.2) is 24.3 Å². The second-order valence-corrected chi connectivity index (χ2v) is 6.99. The number of hydrogen-bond acceptors (Lipinski definition) is 4. The molecule has 3 unspecified atom stereocenters. The van der Waals surface area contributed by atoms with E-state index in [1.54, 1.807) is 0 Å². The largest absolute Gasteiger partial charge is 0.493 e. The number of fused-ring (bicyclic) bond motifs is 1. The van der Waals surface area contributed by atoms with Crippen molar-refractivity contribution in [3.8, 4) is 5.75 Å². The number of carbonyl (C=O) groups is 1. The molecule has 1 aliphatic carbocycles. The Bertz CT molecular complexity index is 553. The second-order valence-electron chi connectivity index (χ2n) is 6.99. The maximum atomic E-state index is 11.8. The van der Waals surface area contributed by atoms with Crippen LogP contribution in [0.2, 0.25) is 0 Å². The van der Waals surface area contributed by atoms with Crippen LogP contribution in [0.25, 0.3) is 0 Å². The normalized spacial score (nSPS) is 26.6. The summed E-state index contributed by atoms with van der Waals surface area (Å²) in [4.78, 5) is 11.8. The topological polar surface area (TPSA) is 59.6 Å². The Hall–Kier alpha value is -1.75. The van der Waals surface area contributed by atoms with E-state index in [9.17, 15) is 4.79 Å². The second kappa shape index (κ2) is 5.80. The third kappa shape index (κ3) is 3.71. The molecule has 5 heteroatoms. The molecule has 3 atom stereocenters. The van der Waals surface area contributed by atoms with Crippen molar-refractivity contribution in [2.24, 2.45) is 0 Å². The van der Waals surface area contributed by atoms with Crippen LogP contribution in [0.4, 0.5) is 4.79 Å². The number of ether oxygens (including phenoxy) is 2. The molecule has 0 radical (unpaired) electrons. The maximum absolute atomic E-state index is 11.8. The van der Waals surface area contributed by atoms with Crippen molar-refractivity contribution in [1.82, 2.24) is 10.6 Å². The van der Waals surface area contributed by atoms with E-state index in [2.05, 4.69) is 16.7 Å². The molecule has 0 bridgehead atoms. The molecule has 1 saturated carbocycles. The van der Waals surface area contributed by atoms with Gasteiger partial charge in [-0.25, -0.2) is 4.79 Å². The Morgan fingerprint density at radius 2 is 2.05 bits per heavy atom. The van der Waals surface area contributed by atoms with Crippen molar-refractivity contribution in [2.75, 3.05) is 6.61 Å². The van der Waals surface area contributed by atoms with Crippen LogP contribution in [0.1, 0.15) is 45.2 Å². The number of rotatable bonds is 3. The summed E-state index contributed by atoms with van der Waals surface area (Å²) >= 11 is 0. The molecule has 1 aliphatic heterocycles. The fraction of sp³-hybridized carbons (Fsp3) is 0.588. The van der Waals surface area contributed by atoms with Crippen molar-refractivity contribution >= 4 is 6.09 Å². The van der Waals surface area contributed by atoms with Crippen molar-refractivity contribution in [2.45, 2.75) is 57.3 Å². The van der Waals surface area contributed by atoms with Gasteiger partial charge in [0.05, 0.1) is 6.61 Å². The van der Waals surface area contributed by atoms with Gasteiger partial charge in [0.2, 0.25) is 0 Å². The van der Waals surface area contributed by atoms with Gasteiger partial charge in [-0.2, -0.15) is 0 Å². The van der Waals surface area contributed by atoms with Crippen molar-refractivity contribution in [3.05, 3.63) is 29.8 Å². The molecule has 0 saturated heterocycles. The number of para-hydroxylation sites is 1. The first-order valence-electron chi connectivity index (χ1n) is 7.90. The van der Waals surface area contributed by atoms with Gasteiger partial charge in [0.25, 0.3) is 0 Å². The van der Waals surface area contributed by atoms with Gasteiger partial charge < -0.3 is 20.1 Å². The zero-order valence-corrected chi connectivity index (χ0v) is 13.4. The summed E-state index contributed by atoms with van der Waals surface area (Å²) in [7, 11) is 0. The Morgan fingerprint density at radius 3 is 2.82 bits per heavy atom. The summed E-state index contributed by atoms with van der Waals surface area (Å²) < 4.78 is 11.0. The molecule has 1 aromatic carbocycles. The number of alkyl carbamates (subject to hydrolysis) is 1. The van der Waals surface area contributed by atoms with Gasteiger partial charge in [-0.3, -0.25) is 0 Å². The lowest BCUT2D eigenvalue weighted by Gasteiger charge is -2.27. The average molecular weight is 304 g/mol. The number of carbonyl (C=O) groups excluding carboxylic acids is 1. The van der Waals surface area contributed by atoms with E-state index < -0.39 is 5.60 Å². The number of benzene rings is 1. The fourth-order valence-corrected chi connectivity index (χ4v) is 2.77. The fourth-order valence-electron chi connectivity index (χ4n) is 2.77.